The van der Waals surface area contributed by atoms with Crippen LogP contribution in [0.3, 0.4) is 0 Å². The van der Waals surface area contributed by atoms with Crippen LogP contribution in [0.1, 0.15) is 33.6 Å². The third-order valence-corrected chi connectivity index (χ3v) is 5.75. The molecule has 36 heavy (non-hydrogen) atoms. The third-order valence-electron chi connectivity index (χ3n) is 5.75. The lowest BCUT2D eigenvalue weighted by Gasteiger charge is -2.21. The van der Waals surface area contributed by atoms with Crippen molar-refractivity contribution in [1.29, 1.82) is 0 Å². The number of likely N-dealkylation sites (N-methyl/N-ethyl adjacent to an activating group) is 1. The number of halogens is 6. The first-order chi connectivity index (χ1) is 16.8. The van der Waals surface area contributed by atoms with Crippen molar-refractivity contribution in [2.24, 2.45) is 0 Å². The van der Waals surface area contributed by atoms with Crippen molar-refractivity contribution in [3.05, 3.63) is 82.2 Å². The van der Waals surface area contributed by atoms with Gasteiger partial charge >= 0.3 is 12.4 Å². The molecule has 11 heteroatoms. The van der Waals surface area contributed by atoms with E-state index in [1.54, 1.807) is 27.0 Å². The van der Waals surface area contributed by atoms with E-state index in [1.165, 1.54) is 28.9 Å². The number of alkyl halides is 6. The zero-order chi connectivity index (χ0) is 26.7. The van der Waals surface area contributed by atoms with E-state index in [0.717, 1.165) is 23.8 Å². The summed E-state index contributed by atoms with van der Waals surface area (Å²) >= 11 is 0. The number of aryl methyl sites for hydroxylation is 1. The van der Waals surface area contributed by atoms with Crippen LogP contribution in [0.25, 0.3) is 0 Å². The fourth-order valence-corrected chi connectivity index (χ4v) is 3.89. The van der Waals surface area contributed by atoms with Gasteiger partial charge in [0.05, 0.1) is 23.4 Å². The SMILES string of the molecule is Cc1nn(Cc2ccccc2C(F)(F)F)c(C)c1CN(C)CC(O)COc1ccc(C(F)(F)F)cc1. The number of aliphatic hydroxyl groups excluding tert-OH is 1. The number of hydrogen-bond acceptors (Lipinski definition) is 4. The highest BCUT2D eigenvalue weighted by Gasteiger charge is 2.33. The second kappa shape index (κ2) is 10.9. The molecule has 1 atom stereocenters. The summed E-state index contributed by atoms with van der Waals surface area (Å²) in [6.45, 7) is 3.98. The summed E-state index contributed by atoms with van der Waals surface area (Å²) in [5.74, 6) is 0.205. The number of aliphatic hydroxyl groups is 1. The summed E-state index contributed by atoms with van der Waals surface area (Å²) in [5, 5.41) is 14.7. The molecule has 0 fully saturated rings. The van der Waals surface area contributed by atoms with Gasteiger partial charge in [-0.25, -0.2) is 0 Å². The Labute approximate surface area is 204 Å². The highest BCUT2D eigenvalue weighted by Crippen LogP contribution is 2.33. The topological polar surface area (TPSA) is 50.5 Å². The number of nitrogens with zero attached hydrogens (tertiary/aromatic N) is 3. The Hall–Kier alpha value is -3.05. The van der Waals surface area contributed by atoms with Crippen LogP contribution in [0, 0.1) is 13.8 Å². The van der Waals surface area contributed by atoms with E-state index < -0.39 is 29.6 Å². The predicted octanol–water partition coefficient (Wildman–Crippen LogP) is 5.46. The Morgan fingerprint density at radius 3 is 2.22 bits per heavy atom. The van der Waals surface area contributed by atoms with Crippen molar-refractivity contribution in [3.63, 3.8) is 0 Å². The van der Waals surface area contributed by atoms with E-state index in [1.807, 2.05) is 4.90 Å². The predicted molar refractivity (Wildman–Crippen MR) is 122 cm³/mol. The minimum atomic E-state index is -4.46. The molecule has 0 aliphatic heterocycles. The van der Waals surface area contributed by atoms with E-state index >= 15 is 0 Å². The second-order valence-corrected chi connectivity index (χ2v) is 8.65. The van der Waals surface area contributed by atoms with Crippen LogP contribution < -0.4 is 4.74 Å². The van der Waals surface area contributed by atoms with Crippen molar-refractivity contribution in [3.8, 4) is 5.75 Å². The van der Waals surface area contributed by atoms with Crippen LogP contribution in [0.5, 0.6) is 5.75 Å². The molecule has 5 nitrogen and oxygen atoms in total. The molecule has 2 aromatic carbocycles. The normalized spacial score (nSPS) is 13.3. The number of hydrogen-bond donors (Lipinski definition) is 1. The molecule has 1 aromatic heterocycles. The monoisotopic (exact) mass is 515 g/mol. The quantitative estimate of drug-likeness (QED) is 0.385. The molecule has 3 rings (SSSR count). The third kappa shape index (κ3) is 7.01. The molecule has 1 unspecified atom stereocenters. The molecule has 0 saturated heterocycles. The number of rotatable bonds is 9. The summed E-state index contributed by atoms with van der Waals surface area (Å²) in [5.41, 5.74) is 0.839. The first kappa shape index (κ1) is 27.5. The largest absolute Gasteiger partial charge is 0.491 e. The minimum Gasteiger partial charge on any atom is -0.491 e. The van der Waals surface area contributed by atoms with Crippen molar-refractivity contribution in [2.75, 3.05) is 20.2 Å². The van der Waals surface area contributed by atoms with Gasteiger partial charge < -0.3 is 9.84 Å². The molecule has 0 aliphatic carbocycles. The molecule has 0 bridgehead atoms. The average molecular weight is 515 g/mol. The maximum absolute atomic E-state index is 13.4. The van der Waals surface area contributed by atoms with Crippen LogP contribution in [-0.4, -0.2) is 46.1 Å². The van der Waals surface area contributed by atoms with Crippen molar-refractivity contribution in [2.45, 2.75) is 45.4 Å². The maximum atomic E-state index is 13.4. The van der Waals surface area contributed by atoms with E-state index in [0.29, 0.717) is 17.9 Å². The molecule has 196 valence electrons. The Morgan fingerprint density at radius 1 is 0.972 bits per heavy atom. The smallest absolute Gasteiger partial charge is 0.416 e. The summed E-state index contributed by atoms with van der Waals surface area (Å²) in [6.07, 6.45) is -9.83. The molecule has 0 spiro atoms. The molecule has 0 amide bonds. The highest BCUT2D eigenvalue weighted by molar-refractivity contribution is 5.32. The number of aromatic nitrogens is 2. The zero-order valence-electron chi connectivity index (χ0n) is 20.0. The number of ether oxygens (including phenoxy) is 1. The molecule has 3 aromatic rings. The maximum Gasteiger partial charge on any atom is 0.416 e. The van der Waals surface area contributed by atoms with Gasteiger partial charge in [-0.15, -0.1) is 0 Å². The Balaban J connectivity index is 1.59. The van der Waals surface area contributed by atoms with Gasteiger partial charge in [0.15, 0.2) is 0 Å². The molecule has 0 radical (unpaired) electrons. The Morgan fingerprint density at radius 2 is 1.61 bits per heavy atom. The van der Waals surface area contributed by atoms with Crippen LogP contribution in [0.4, 0.5) is 26.3 Å². The fourth-order valence-electron chi connectivity index (χ4n) is 3.89. The van der Waals surface area contributed by atoms with Gasteiger partial charge in [-0.3, -0.25) is 9.58 Å². The van der Waals surface area contributed by atoms with Crippen LogP contribution in [0.2, 0.25) is 0 Å². The van der Waals surface area contributed by atoms with Gasteiger partial charge in [-0.05, 0) is 56.8 Å². The van der Waals surface area contributed by atoms with Gasteiger partial charge in [0.25, 0.3) is 0 Å². The lowest BCUT2D eigenvalue weighted by atomic mass is 10.1. The fraction of sp³-hybridized carbons (Fsp3) is 0.400. The lowest BCUT2D eigenvalue weighted by Crippen LogP contribution is -2.33. The summed E-state index contributed by atoms with van der Waals surface area (Å²) in [6, 6.07) is 9.57. The number of benzene rings is 2. The van der Waals surface area contributed by atoms with E-state index in [2.05, 4.69) is 5.10 Å². The Kier molecular flexibility index (Phi) is 8.35. The minimum absolute atomic E-state index is 0.0321. The average Bonchev–Trinajstić information content (AvgIpc) is 3.04. The van der Waals surface area contributed by atoms with Crippen molar-refractivity contribution < 1.29 is 36.2 Å². The van der Waals surface area contributed by atoms with Crippen molar-refractivity contribution in [1.82, 2.24) is 14.7 Å². The first-order valence-electron chi connectivity index (χ1n) is 11.1. The van der Waals surface area contributed by atoms with Crippen LogP contribution in [0.15, 0.2) is 48.5 Å². The Bertz CT molecular complexity index is 1160. The standard InChI is InChI=1S/C25H27F6N3O2/c1-16-22(17(2)34(32-16)12-18-6-4-5-7-23(18)25(29,30)31)14-33(3)13-20(35)15-36-21-10-8-19(9-11-21)24(26,27)28/h4-11,20,35H,12-15H2,1-3H3. The van der Waals surface area contributed by atoms with Crippen molar-refractivity contribution >= 4 is 0 Å². The summed E-state index contributed by atoms with van der Waals surface area (Å²) < 4.78 is 84.9. The van der Waals surface area contributed by atoms with E-state index in [9.17, 15) is 31.4 Å². The van der Waals surface area contributed by atoms with Crippen LogP contribution >= 0.6 is 0 Å². The van der Waals surface area contributed by atoms with Gasteiger partial charge in [0.1, 0.15) is 18.5 Å². The highest BCUT2D eigenvalue weighted by atomic mass is 19.4. The summed E-state index contributed by atoms with van der Waals surface area (Å²) in [7, 11) is 1.76. The first-order valence-corrected chi connectivity index (χ1v) is 11.1. The molecule has 1 N–H and O–H groups in total. The molecular weight excluding hydrogens is 488 g/mol. The summed E-state index contributed by atoms with van der Waals surface area (Å²) in [4.78, 5) is 1.81. The molecular formula is C25H27F6N3O2. The van der Waals surface area contributed by atoms with Gasteiger partial charge in [0.2, 0.25) is 0 Å². The van der Waals surface area contributed by atoms with Crippen LogP contribution in [-0.2, 0) is 25.4 Å². The van der Waals surface area contributed by atoms with E-state index in [-0.39, 0.29) is 31.0 Å². The molecule has 1 heterocycles. The lowest BCUT2D eigenvalue weighted by molar-refractivity contribution is -0.138. The van der Waals surface area contributed by atoms with E-state index in [4.69, 9.17) is 4.74 Å². The molecule has 0 saturated carbocycles. The van der Waals surface area contributed by atoms with Gasteiger partial charge in [0, 0.05) is 24.3 Å². The zero-order valence-corrected chi connectivity index (χ0v) is 20.0. The van der Waals surface area contributed by atoms with Gasteiger partial charge in [-0.2, -0.15) is 31.4 Å². The van der Waals surface area contributed by atoms with Gasteiger partial charge in [-0.1, -0.05) is 18.2 Å². The second-order valence-electron chi connectivity index (χ2n) is 8.65. The molecule has 0 aliphatic rings.